The molecule has 0 atom stereocenters. The Morgan fingerprint density at radius 2 is 1.67 bits per heavy atom. The summed E-state index contributed by atoms with van der Waals surface area (Å²) in [5.74, 6) is 0. The molecule has 18 heavy (non-hydrogen) atoms. The first-order valence-corrected chi connectivity index (χ1v) is 10.0. The monoisotopic (exact) mass is 291 g/mol. The van der Waals surface area contributed by atoms with Crippen molar-refractivity contribution >= 4 is 17.0 Å². The van der Waals surface area contributed by atoms with Crippen LogP contribution in [-0.4, -0.2) is 22.3 Å². The zero-order chi connectivity index (χ0) is 14.2. The van der Waals surface area contributed by atoms with E-state index < -0.39 is 17.0 Å². The molecule has 0 spiro atoms. The summed E-state index contributed by atoms with van der Waals surface area (Å²) in [4.78, 5) is 12.6. The van der Waals surface area contributed by atoms with E-state index in [-0.39, 0.29) is 0 Å². The number of allylic oxidation sites excluding steroid dienone is 3. The number of rotatable bonds is 8. The Hall–Kier alpha value is -0.193. The quantitative estimate of drug-likeness (QED) is 0.298. The highest BCUT2D eigenvalue weighted by atomic mass is 31.2. The predicted molar refractivity (Wildman–Crippen MR) is 76.3 cm³/mol. The summed E-state index contributed by atoms with van der Waals surface area (Å²) in [7, 11) is -4.16. The van der Waals surface area contributed by atoms with E-state index in [0.717, 1.165) is 5.57 Å². The van der Waals surface area contributed by atoms with Crippen molar-refractivity contribution in [2.24, 2.45) is 0 Å². The normalized spacial score (nSPS) is 12.8. The third kappa shape index (κ3) is 6.66. The molecule has 0 aliphatic heterocycles. The van der Waals surface area contributed by atoms with E-state index in [0.29, 0.717) is 18.5 Å². The van der Waals surface area contributed by atoms with Crippen LogP contribution in [0.4, 0.5) is 0 Å². The van der Waals surface area contributed by atoms with Crippen LogP contribution in [-0.2, 0) is 13.5 Å². The average Bonchev–Trinajstić information content (AvgIpc) is 2.24. The minimum absolute atomic E-state index is 0.335. The Morgan fingerprint density at radius 1 is 1.17 bits per heavy atom. The highest BCUT2D eigenvalue weighted by Crippen LogP contribution is 2.60. The molecule has 0 N–H and O–H groups in total. The summed E-state index contributed by atoms with van der Waals surface area (Å²) >= 11 is 0. The largest absolute Gasteiger partial charge is 0.627 e. The fraction of sp³-hybridized carbons (Fsp3) is 0.667. The molecule has 0 aliphatic carbocycles. The maximum Gasteiger partial charge on any atom is 0.274 e. The van der Waals surface area contributed by atoms with Crippen LogP contribution in [0.1, 0.15) is 27.7 Å². The van der Waals surface area contributed by atoms with E-state index in [4.69, 9.17) is 13.5 Å². The van der Waals surface area contributed by atoms with E-state index in [1.807, 2.05) is 26.9 Å². The molecule has 0 saturated heterocycles. The first kappa shape index (κ1) is 17.8. The van der Waals surface area contributed by atoms with Gasteiger partial charge in [-0.25, -0.2) is 9.05 Å². The predicted octanol–water partition coefficient (Wildman–Crippen LogP) is 3.26. The van der Waals surface area contributed by atoms with Gasteiger partial charge in [-0.3, -0.25) is 0 Å². The molecule has 1 radical (unpaired) electrons. The molecule has 0 aromatic carbocycles. The van der Waals surface area contributed by atoms with Crippen LogP contribution in [0.3, 0.4) is 0 Å². The second-order valence-electron chi connectivity index (χ2n) is 4.12. The summed E-state index contributed by atoms with van der Waals surface area (Å²) in [6, 6.07) is 0. The van der Waals surface area contributed by atoms with Crippen LogP contribution in [0.15, 0.2) is 23.2 Å². The minimum atomic E-state index is -3.26. The smallest absolute Gasteiger partial charge is 0.274 e. The fourth-order valence-corrected chi connectivity index (χ4v) is 3.29. The molecule has 0 aromatic rings. The standard InChI is InChI=1S/C12H24O4PSi/c1-7-14-17(13,15-8-2)12(9-11(3)4)10-16-18(5)6/h9-10H,7-8H2,1-6H3/b12-10+. The van der Waals surface area contributed by atoms with Crippen molar-refractivity contribution < 1.29 is 18.4 Å². The highest BCUT2D eigenvalue weighted by Gasteiger charge is 2.35. The molecular weight excluding hydrogens is 267 g/mol. The van der Waals surface area contributed by atoms with Crippen molar-refractivity contribution in [3.05, 3.63) is 23.2 Å². The molecule has 0 aromatic heterocycles. The van der Waals surface area contributed by atoms with Gasteiger partial charge in [-0.15, -0.1) is 0 Å². The van der Waals surface area contributed by atoms with Crippen molar-refractivity contribution in [2.75, 3.05) is 13.2 Å². The van der Waals surface area contributed by atoms with Gasteiger partial charge in [0.2, 0.25) is 0 Å². The summed E-state index contributed by atoms with van der Waals surface area (Å²) < 4.78 is 16.1. The maximum absolute atomic E-state index is 12.6. The second-order valence-corrected chi connectivity index (χ2v) is 8.20. The zero-order valence-corrected chi connectivity index (χ0v) is 14.0. The fourth-order valence-electron chi connectivity index (χ4n) is 1.18. The Morgan fingerprint density at radius 3 is 2.00 bits per heavy atom. The summed E-state index contributed by atoms with van der Waals surface area (Å²) in [6.45, 7) is 12.1. The molecule has 0 unspecified atom stereocenters. The molecular formula is C12H24O4PSi. The van der Waals surface area contributed by atoms with Gasteiger partial charge in [-0.1, -0.05) is 5.57 Å². The van der Waals surface area contributed by atoms with Crippen LogP contribution in [0.5, 0.6) is 0 Å². The van der Waals surface area contributed by atoms with Crippen molar-refractivity contribution in [1.29, 1.82) is 0 Å². The Bertz CT molecular complexity index is 292. The van der Waals surface area contributed by atoms with Crippen molar-refractivity contribution in [3.8, 4) is 0 Å². The third-order valence-electron chi connectivity index (χ3n) is 1.77. The molecule has 0 rings (SSSR count). The van der Waals surface area contributed by atoms with Crippen LogP contribution in [0.2, 0.25) is 13.1 Å². The Labute approximate surface area is 113 Å². The molecule has 0 heterocycles. The van der Waals surface area contributed by atoms with Crippen LogP contribution in [0.25, 0.3) is 0 Å². The Kier molecular flexibility index (Phi) is 8.74. The van der Waals surface area contributed by atoms with Gasteiger partial charge < -0.3 is 9.32 Å². The van der Waals surface area contributed by atoms with Crippen LogP contribution in [0, 0.1) is 0 Å². The molecule has 0 fully saturated rings. The molecule has 105 valence electrons. The maximum atomic E-state index is 12.6. The van der Waals surface area contributed by atoms with Gasteiger partial charge in [0.1, 0.15) is 6.26 Å². The van der Waals surface area contributed by atoms with Gasteiger partial charge >= 0.3 is 0 Å². The lowest BCUT2D eigenvalue weighted by atomic mass is 10.3. The lowest BCUT2D eigenvalue weighted by Gasteiger charge is -2.27. The molecule has 0 aliphatic rings. The van der Waals surface area contributed by atoms with Crippen molar-refractivity contribution in [2.45, 2.75) is 40.8 Å². The SMILES string of the molecule is CCO[P+]([O-])(OCC)/C(C=C(C)C)=C/O[Si](C)C. The minimum Gasteiger partial charge on any atom is -0.627 e. The second kappa shape index (κ2) is 8.83. The molecule has 0 bridgehead atoms. The first-order valence-electron chi connectivity index (χ1n) is 6.07. The zero-order valence-electron chi connectivity index (χ0n) is 12.1. The summed E-state index contributed by atoms with van der Waals surface area (Å²) in [6.07, 6.45) is 3.31. The van der Waals surface area contributed by atoms with Gasteiger partial charge in [0.05, 0.1) is 13.2 Å². The summed E-state index contributed by atoms with van der Waals surface area (Å²) in [5, 5.41) is 0.484. The van der Waals surface area contributed by atoms with Gasteiger partial charge in [0, 0.05) is 0 Å². The third-order valence-corrected chi connectivity index (χ3v) is 4.42. The van der Waals surface area contributed by atoms with Gasteiger partial charge in [0.25, 0.3) is 17.0 Å². The van der Waals surface area contributed by atoms with Crippen LogP contribution < -0.4 is 4.89 Å². The molecule has 0 saturated carbocycles. The number of hydrogen-bond acceptors (Lipinski definition) is 4. The van der Waals surface area contributed by atoms with E-state index in [9.17, 15) is 4.89 Å². The van der Waals surface area contributed by atoms with Gasteiger partial charge in [-0.2, -0.15) is 0 Å². The van der Waals surface area contributed by atoms with E-state index in [1.165, 1.54) is 6.26 Å². The van der Waals surface area contributed by atoms with Gasteiger partial charge in [0.15, 0.2) is 5.31 Å². The first-order chi connectivity index (χ1) is 8.35. The average molecular weight is 291 g/mol. The number of hydrogen-bond donors (Lipinski definition) is 0. The topological polar surface area (TPSA) is 50.8 Å². The lowest BCUT2D eigenvalue weighted by Crippen LogP contribution is -2.18. The lowest BCUT2D eigenvalue weighted by molar-refractivity contribution is -0.214. The van der Waals surface area contributed by atoms with Crippen molar-refractivity contribution in [3.63, 3.8) is 0 Å². The van der Waals surface area contributed by atoms with Gasteiger partial charge in [-0.05, 0) is 46.9 Å². The highest BCUT2D eigenvalue weighted by molar-refractivity contribution is 7.63. The molecule has 0 amide bonds. The van der Waals surface area contributed by atoms with E-state index >= 15 is 0 Å². The summed E-state index contributed by atoms with van der Waals surface area (Å²) in [5.41, 5.74) is 1.02. The Balaban J connectivity index is 5.22. The van der Waals surface area contributed by atoms with E-state index in [1.54, 1.807) is 19.9 Å². The molecule has 6 heteroatoms. The van der Waals surface area contributed by atoms with E-state index in [2.05, 4.69) is 0 Å². The van der Waals surface area contributed by atoms with Crippen LogP contribution >= 0.6 is 7.94 Å². The van der Waals surface area contributed by atoms with Crippen molar-refractivity contribution in [1.82, 2.24) is 0 Å². The molecule has 4 nitrogen and oxygen atoms in total.